The maximum Gasteiger partial charge on any atom is 0 e. The van der Waals surface area contributed by atoms with Crippen LogP contribution < -0.4 is 0 Å². The molecule has 0 rings (SSSR count). The second kappa shape index (κ2) is 9.38. The molecule has 12 heavy (non-hydrogen) atoms. The number of carboxylic acids is 2. The Balaban J connectivity index is -0.000000405. The molecule has 0 aromatic carbocycles. The summed E-state index contributed by atoms with van der Waals surface area (Å²) < 4.78 is 0. The fraction of sp³-hybridized carbons (Fsp3) is 0.500. The van der Waals surface area contributed by atoms with Crippen molar-refractivity contribution in [3.05, 3.63) is 0 Å². The first kappa shape index (κ1) is 19.4. The van der Waals surface area contributed by atoms with Gasteiger partial charge in [-0.3, -0.25) is 0 Å². The molecule has 0 heterocycles. The van der Waals surface area contributed by atoms with Gasteiger partial charge in [-0.2, -0.15) is 0 Å². The molecule has 0 radical (unpaired) electrons. The Morgan fingerprint density at radius 1 is 0.917 bits per heavy atom. The average molecular weight is 422 g/mol. The van der Waals surface area contributed by atoms with E-state index in [1.54, 1.807) is 0 Å². The first-order valence-corrected chi connectivity index (χ1v) is 2.28. The Morgan fingerprint density at radius 2 is 1.08 bits per heavy atom. The third-order valence-corrected chi connectivity index (χ3v) is 0.805. The number of aliphatic hydroxyl groups excluding tert-OH is 2. The Kier molecular flexibility index (Phi) is 15.2. The SMILES string of the molecule is O=C(O)C(O)C(O)C(=O)O.[KH].[Th]. The van der Waals surface area contributed by atoms with Crippen LogP contribution in [0.4, 0.5) is 0 Å². The van der Waals surface area contributed by atoms with Crippen LogP contribution in [0.3, 0.4) is 0 Å². The van der Waals surface area contributed by atoms with E-state index in [0.717, 1.165) is 0 Å². The zero-order chi connectivity index (χ0) is 8.31. The minimum absolute atomic E-state index is 0. The average Bonchev–Trinajstić information content (AvgIpc) is 1.84. The van der Waals surface area contributed by atoms with E-state index >= 15 is 0 Å². The van der Waals surface area contributed by atoms with Crippen molar-refractivity contribution in [3.63, 3.8) is 0 Å². The van der Waals surface area contributed by atoms with Gasteiger partial charge in [0, 0.05) is 39.9 Å². The molecule has 64 valence electrons. The predicted molar refractivity (Wildman–Crippen MR) is 34.4 cm³/mol. The molecule has 0 aromatic heterocycles. The molecule has 0 aromatic rings. The van der Waals surface area contributed by atoms with E-state index in [1.165, 1.54) is 0 Å². The topological polar surface area (TPSA) is 115 Å². The third-order valence-electron chi connectivity index (χ3n) is 0.805. The van der Waals surface area contributed by atoms with Gasteiger partial charge < -0.3 is 20.4 Å². The summed E-state index contributed by atoms with van der Waals surface area (Å²) in [5, 5.41) is 32.5. The number of aliphatic carboxylic acids is 2. The largest absolute Gasteiger partial charge is 0 e. The molecule has 0 aliphatic heterocycles. The maximum absolute atomic E-state index is 9.77. The molecule has 0 saturated heterocycles. The van der Waals surface area contributed by atoms with Gasteiger partial charge in [0.25, 0.3) is 0 Å². The summed E-state index contributed by atoms with van der Waals surface area (Å²) in [5.74, 6) is -3.54. The summed E-state index contributed by atoms with van der Waals surface area (Å²) in [7, 11) is 0. The van der Waals surface area contributed by atoms with Crippen molar-refractivity contribution >= 4 is 63.3 Å². The van der Waals surface area contributed by atoms with Crippen molar-refractivity contribution in [3.8, 4) is 0 Å². The van der Waals surface area contributed by atoms with Crippen LogP contribution in [-0.2, 0) is 9.59 Å². The number of aliphatic hydroxyl groups is 2. The van der Waals surface area contributed by atoms with Gasteiger partial charge in [0.05, 0.1) is 0 Å². The summed E-state index contributed by atoms with van der Waals surface area (Å²) in [6.07, 6.45) is -4.53. The van der Waals surface area contributed by atoms with Crippen molar-refractivity contribution in [1.29, 1.82) is 0 Å². The monoisotopic (exact) mass is 422 g/mol. The Bertz CT molecular complexity index is 144. The van der Waals surface area contributed by atoms with Crippen LogP contribution in [0, 0.1) is 39.9 Å². The molecular weight excluding hydrogens is 415 g/mol. The zero-order valence-corrected chi connectivity index (χ0v) is 9.37. The number of carbonyl (C=O) groups is 2. The van der Waals surface area contributed by atoms with Crippen LogP contribution in [-0.4, -0.2) is 96.0 Å². The van der Waals surface area contributed by atoms with Gasteiger partial charge in [0.1, 0.15) is 0 Å². The van der Waals surface area contributed by atoms with E-state index in [0.29, 0.717) is 0 Å². The van der Waals surface area contributed by atoms with Crippen LogP contribution in [0.25, 0.3) is 0 Å². The van der Waals surface area contributed by atoms with Crippen LogP contribution in [0.1, 0.15) is 0 Å². The van der Waals surface area contributed by atoms with Gasteiger partial charge in [0.2, 0.25) is 0 Å². The molecule has 4 N–H and O–H groups in total. The Labute approximate surface area is 142 Å². The number of carboxylic acid groups (broad SMARTS) is 2. The first-order valence-electron chi connectivity index (χ1n) is 2.28. The molecule has 0 bridgehead atoms. The van der Waals surface area contributed by atoms with E-state index < -0.39 is 24.1 Å². The molecule has 0 fully saturated rings. The Morgan fingerprint density at radius 3 is 1.17 bits per heavy atom. The fourth-order valence-electron chi connectivity index (χ4n) is 0.270. The van der Waals surface area contributed by atoms with Gasteiger partial charge >= 0.3 is 63.3 Å². The molecule has 2 unspecified atom stereocenters. The first-order chi connectivity index (χ1) is 4.46. The molecule has 8 heteroatoms. The van der Waals surface area contributed by atoms with Crippen LogP contribution >= 0.6 is 0 Å². The Hall–Kier alpha value is 1.82. The van der Waals surface area contributed by atoms with Crippen LogP contribution in [0.5, 0.6) is 0 Å². The van der Waals surface area contributed by atoms with E-state index in [1.807, 2.05) is 0 Å². The van der Waals surface area contributed by atoms with Gasteiger partial charge in [-0.05, 0) is 0 Å². The quantitative estimate of drug-likeness (QED) is 0.366. The maximum atomic E-state index is 9.77. The molecule has 0 aliphatic carbocycles. The van der Waals surface area contributed by atoms with Crippen molar-refractivity contribution in [1.82, 2.24) is 0 Å². The minimum Gasteiger partial charge on any atom is 0 e. The smallest absolute Gasteiger partial charge is 0 e. The molecule has 0 saturated carbocycles. The zero-order valence-electron chi connectivity index (χ0n) is 5.26. The van der Waals surface area contributed by atoms with Gasteiger partial charge in [0.15, 0.2) is 12.2 Å². The van der Waals surface area contributed by atoms with E-state index in [4.69, 9.17) is 20.4 Å². The number of hydrogen-bond donors (Lipinski definition) is 4. The van der Waals surface area contributed by atoms with E-state index in [2.05, 4.69) is 0 Å². The summed E-state index contributed by atoms with van der Waals surface area (Å²) in [6.45, 7) is 0. The van der Waals surface area contributed by atoms with E-state index in [9.17, 15) is 9.59 Å². The minimum atomic E-state index is -2.27. The normalized spacial score (nSPS) is 13.2. The van der Waals surface area contributed by atoms with Crippen molar-refractivity contribution in [2.45, 2.75) is 12.2 Å². The van der Waals surface area contributed by atoms with Gasteiger partial charge in [-0.15, -0.1) is 0 Å². The van der Waals surface area contributed by atoms with Crippen molar-refractivity contribution in [2.24, 2.45) is 0 Å². The molecule has 0 aliphatic rings. The summed E-state index contributed by atoms with van der Waals surface area (Å²) in [5.41, 5.74) is 0. The standard InChI is InChI=1S/C4H6O6.K.Th.H/c5-1(3(7)8)2(6)4(9)10;;;/h1-2,5-6H,(H,7,8)(H,9,10);;;. The van der Waals surface area contributed by atoms with Crippen LogP contribution in [0.15, 0.2) is 0 Å². The number of rotatable bonds is 3. The molecule has 2 atom stereocenters. The second-order valence-electron chi connectivity index (χ2n) is 1.57. The fourth-order valence-corrected chi connectivity index (χ4v) is 0.270. The van der Waals surface area contributed by atoms with Gasteiger partial charge in [-0.25, -0.2) is 9.59 Å². The summed E-state index contributed by atoms with van der Waals surface area (Å²) >= 11 is 0. The molecule has 6 nitrogen and oxygen atoms in total. The summed E-state index contributed by atoms with van der Waals surface area (Å²) in [4.78, 5) is 19.5. The third kappa shape index (κ3) is 7.25. The molecule has 0 amide bonds. The van der Waals surface area contributed by atoms with E-state index in [-0.39, 0.29) is 91.3 Å². The van der Waals surface area contributed by atoms with Crippen LogP contribution in [0.2, 0.25) is 0 Å². The molecular formula is C4H7KO6Th. The van der Waals surface area contributed by atoms with Crippen molar-refractivity contribution < 1.29 is 70.0 Å². The molecule has 0 spiro atoms. The summed E-state index contributed by atoms with van der Waals surface area (Å²) in [6, 6.07) is 0. The second-order valence-corrected chi connectivity index (χ2v) is 1.57. The predicted octanol–water partition coefficient (Wildman–Crippen LogP) is -2.77. The number of hydrogen-bond acceptors (Lipinski definition) is 4. The van der Waals surface area contributed by atoms with Gasteiger partial charge in [-0.1, -0.05) is 0 Å². The van der Waals surface area contributed by atoms with Crippen molar-refractivity contribution in [2.75, 3.05) is 0 Å².